The second-order valence-corrected chi connectivity index (χ2v) is 3.57. The minimum absolute atomic E-state index is 0.0939. The Bertz CT molecular complexity index is 395. The van der Waals surface area contributed by atoms with Crippen LogP contribution in [0.1, 0.15) is 18.5 Å². The summed E-state index contributed by atoms with van der Waals surface area (Å²) in [6, 6.07) is 4.49. The van der Waals surface area contributed by atoms with Crippen LogP contribution in [0.5, 0.6) is 5.75 Å². The minimum atomic E-state index is -0.406. The summed E-state index contributed by atoms with van der Waals surface area (Å²) in [5, 5.41) is 2.97. The van der Waals surface area contributed by atoms with Gasteiger partial charge >= 0.3 is 5.97 Å². The van der Waals surface area contributed by atoms with Gasteiger partial charge in [0.1, 0.15) is 0 Å². The van der Waals surface area contributed by atoms with E-state index in [1.54, 1.807) is 12.1 Å². The maximum Gasteiger partial charge on any atom is 0.319 e. The molecule has 1 aromatic rings. The average Bonchev–Trinajstić information content (AvgIpc) is 2.35. The van der Waals surface area contributed by atoms with E-state index in [0.29, 0.717) is 0 Å². The van der Waals surface area contributed by atoms with E-state index in [-0.39, 0.29) is 24.3 Å². The molecule has 0 saturated carbocycles. The number of benzene rings is 1. The predicted octanol–water partition coefficient (Wildman–Crippen LogP) is 1.66. The molecule has 0 aliphatic heterocycles. The first-order chi connectivity index (χ1) is 8.08. The summed E-state index contributed by atoms with van der Waals surface area (Å²) in [6.07, 6.45) is 0. The van der Waals surface area contributed by atoms with Gasteiger partial charge in [-0.3, -0.25) is 4.79 Å². The van der Waals surface area contributed by atoms with Crippen molar-refractivity contribution in [3.05, 3.63) is 29.6 Å². The van der Waals surface area contributed by atoms with Gasteiger partial charge in [-0.05, 0) is 24.6 Å². The van der Waals surface area contributed by atoms with E-state index in [2.05, 4.69) is 10.1 Å². The molecule has 0 aliphatic rings. The molecule has 1 N–H and O–H groups in total. The molecule has 0 spiro atoms. The van der Waals surface area contributed by atoms with Crippen LogP contribution in [0.3, 0.4) is 0 Å². The number of carbonyl (C=O) groups is 1. The zero-order chi connectivity index (χ0) is 12.8. The molecule has 0 heterocycles. The van der Waals surface area contributed by atoms with Gasteiger partial charge in [0, 0.05) is 6.04 Å². The number of methoxy groups -OCH3 is 2. The highest BCUT2D eigenvalue weighted by Gasteiger charge is 2.10. The third-order valence-corrected chi connectivity index (χ3v) is 2.46. The molecule has 4 nitrogen and oxygen atoms in total. The number of carbonyl (C=O) groups excluding carboxylic acids is 1. The van der Waals surface area contributed by atoms with Crippen LogP contribution in [0.2, 0.25) is 0 Å². The monoisotopic (exact) mass is 241 g/mol. The van der Waals surface area contributed by atoms with Crippen LogP contribution in [0.4, 0.5) is 4.39 Å². The summed E-state index contributed by atoms with van der Waals surface area (Å²) in [4.78, 5) is 11.0. The highest BCUT2D eigenvalue weighted by Crippen LogP contribution is 2.22. The summed E-state index contributed by atoms with van der Waals surface area (Å²) < 4.78 is 22.6. The molecule has 1 aromatic carbocycles. The van der Waals surface area contributed by atoms with Crippen molar-refractivity contribution in [3.63, 3.8) is 0 Å². The lowest BCUT2D eigenvalue weighted by atomic mass is 10.1. The number of halogens is 1. The molecule has 1 rings (SSSR count). The molecule has 94 valence electrons. The van der Waals surface area contributed by atoms with Gasteiger partial charge in [0.15, 0.2) is 11.6 Å². The van der Waals surface area contributed by atoms with Gasteiger partial charge < -0.3 is 14.8 Å². The van der Waals surface area contributed by atoms with Crippen molar-refractivity contribution in [2.24, 2.45) is 0 Å². The van der Waals surface area contributed by atoms with Crippen molar-refractivity contribution < 1.29 is 18.7 Å². The van der Waals surface area contributed by atoms with Crippen LogP contribution in [0.15, 0.2) is 18.2 Å². The Hall–Kier alpha value is -1.62. The molecule has 0 amide bonds. The fraction of sp³-hybridized carbons (Fsp3) is 0.417. The lowest BCUT2D eigenvalue weighted by Gasteiger charge is -2.14. The Morgan fingerprint density at radius 2 is 2.18 bits per heavy atom. The van der Waals surface area contributed by atoms with Gasteiger partial charge in [-0.2, -0.15) is 0 Å². The molecule has 0 aromatic heterocycles. The number of hydrogen-bond donors (Lipinski definition) is 1. The number of esters is 1. The summed E-state index contributed by atoms with van der Waals surface area (Å²) in [5.41, 5.74) is 0.840. The first-order valence-electron chi connectivity index (χ1n) is 5.22. The van der Waals surface area contributed by atoms with E-state index in [0.717, 1.165) is 5.56 Å². The SMILES string of the molecule is COC(=O)CNC(C)c1ccc(F)c(OC)c1. The van der Waals surface area contributed by atoms with E-state index < -0.39 is 5.82 Å². The molecule has 5 heteroatoms. The Morgan fingerprint density at radius 3 is 2.76 bits per heavy atom. The van der Waals surface area contributed by atoms with E-state index >= 15 is 0 Å². The predicted molar refractivity (Wildman–Crippen MR) is 61.4 cm³/mol. The first-order valence-corrected chi connectivity index (χ1v) is 5.22. The average molecular weight is 241 g/mol. The lowest BCUT2D eigenvalue weighted by Crippen LogP contribution is -2.26. The number of rotatable bonds is 5. The highest BCUT2D eigenvalue weighted by atomic mass is 19.1. The van der Waals surface area contributed by atoms with Crippen LogP contribution in [0.25, 0.3) is 0 Å². The Morgan fingerprint density at radius 1 is 1.47 bits per heavy atom. The Balaban J connectivity index is 2.68. The zero-order valence-electron chi connectivity index (χ0n) is 10.1. The second kappa shape index (κ2) is 6.20. The molecular formula is C12H16FNO3. The van der Waals surface area contributed by atoms with Gasteiger partial charge in [-0.1, -0.05) is 6.07 Å². The van der Waals surface area contributed by atoms with E-state index in [9.17, 15) is 9.18 Å². The zero-order valence-corrected chi connectivity index (χ0v) is 10.1. The Kier molecular flexibility index (Phi) is 4.90. The molecule has 0 aliphatic carbocycles. The molecular weight excluding hydrogens is 225 g/mol. The summed E-state index contributed by atoms with van der Waals surface area (Å²) in [7, 11) is 2.74. The van der Waals surface area contributed by atoms with Crippen LogP contribution < -0.4 is 10.1 Å². The summed E-state index contributed by atoms with van der Waals surface area (Å²) in [6.45, 7) is 1.98. The van der Waals surface area contributed by atoms with Crippen LogP contribution in [-0.4, -0.2) is 26.7 Å². The van der Waals surface area contributed by atoms with E-state index in [4.69, 9.17) is 4.74 Å². The quantitative estimate of drug-likeness (QED) is 0.796. The third kappa shape index (κ3) is 3.71. The topological polar surface area (TPSA) is 47.6 Å². The summed E-state index contributed by atoms with van der Waals surface area (Å²) >= 11 is 0. The number of nitrogens with one attached hydrogen (secondary N) is 1. The van der Waals surface area contributed by atoms with Crippen LogP contribution in [0, 0.1) is 5.82 Å². The standard InChI is InChI=1S/C12H16FNO3/c1-8(14-7-12(15)17-3)9-4-5-10(13)11(6-9)16-2/h4-6,8,14H,7H2,1-3H3. The van der Waals surface area contributed by atoms with Crippen molar-refractivity contribution in [3.8, 4) is 5.75 Å². The molecule has 0 fully saturated rings. The molecule has 0 saturated heterocycles. The van der Waals surface area contributed by atoms with Crippen molar-refractivity contribution >= 4 is 5.97 Å². The van der Waals surface area contributed by atoms with E-state index in [1.807, 2.05) is 6.92 Å². The molecule has 0 bridgehead atoms. The number of ether oxygens (including phenoxy) is 2. The molecule has 17 heavy (non-hydrogen) atoms. The van der Waals surface area contributed by atoms with Crippen molar-refractivity contribution in [1.82, 2.24) is 5.32 Å². The third-order valence-electron chi connectivity index (χ3n) is 2.46. The van der Waals surface area contributed by atoms with Gasteiger partial charge in [-0.15, -0.1) is 0 Å². The minimum Gasteiger partial charge on any atom is -0.494 e. The number of hydrogen-bond acceptors (Lipinski definition) is 4. The first kappa shape index (κ1) is 13.4. The van der Waals surface area contributed by atoms with Crippen molar-refractivity contribution in [2.45, 2.75) is 13.0 Å². The maximum absolute atomic E-state index is 13.2. The fourth-order valence-electron chi connectivity index (χ4n) is 1.37. The second-order valence-electron chi connectivity index (χ2n) is 3.57. The van der Waals surface area contributed by atoms with Crippen molar-refractivity contribution in [2.75, 3.05) is 20.8 Å². The molecule has 1 atom stereocenters. The lowest BCUT2D eigenvalue weighted by molar-refractivity contribution is -0.139. The van der Waals surface area contributed by atoms with Crippen LogP contribution in [-0.2, 0) is 9.53 Å². The van der Waals surface area contributed by atoms with Crippen molar-refractivity contribution in [1.29, 1.82) is 0 Å². The van der Waals surface area contributed by atoms with E-state index in [1.165, 1.54) is 20.3 Å². The largest absolute Gasteiger partial charge is 0.494 e. The highest BCUT2D eigenvalue weighted by molar-refractivity contribution is 5.71. The van der Waals surface area contributed by atoms with Crippen LogP contribution >= 0.6 is 0 Å². The van der Waals surface area contributed by atoms with Gasteiger partial charge in [0.05, 0.1) is 20.8 Å². The maximum atomic E-state index is 13.2. The molecule has 0 radical (unpaired) electrons. The Labute approximate surface area is 99.7 Å². The smallest absolute Gasteiger partial charge is 0.319 e. The van der Waals surface area contributed by atoms with Gasteiger partial charge in [0.25, 0.3) is 0 Å². The van der Waals surface area contributed by atoms with Gasteiger partial charge in [-0.25, -0.2) is 4.39 Å². The summed E-state index contributed by atoms with van der Waals surface area (Å²) in [5.74, 6) is -0.559. The van der Waals surface area contributed by atoms with Gasteiger partial charge in [0.2, 0.25) is 0 Å². The normalized spacial score (nSPS) is 12.0. The molecule has 1 unspecified atom stereocenters. The fourth-order valence-corrected chi connectivity index (χ4v) is 1.37.